The van der Waals surface area contributed by atoms with E-state index >= 15 is 0 Å². The van der Waals surface area contributed by atoms with Crippen molar-refractivity contribution in [2.45, 2.75) is 0 Å². The molecule has 17 heavy (non-hydrogen) atoms. The molecule has 2 aromatic rings. The van der Waals surface area contributed by atoms with E-state index in [4.69, 9.17) is 33.7 Å². The first-order chi connectivity index (χ1) is 8.08. The molecular formula is C10H7Cl2N3O2. The van der Waals surface area contributed by atoms with E-state index in [1.807, 2.05) is 0 Å². The molecule has 0 radical (unpaired) electrons. The van der Waals surface area contributed by atoms with Gasteiger partial charge in [-0.1, -0.05) is 23.2 Å². The van der Waals surface area contributed by atoms with E-state index in [9.17, 15) is 4.79 Å². The van der Waals surface area contributed by atoms with Crippen LogP contribution < -0.4 is 10.5 Å². The number of fused-ring (bicyclic) bond motifs is 1. The van der Waals surface area contributed by atoms with Gasteiger partial charge >= 0.3 is 0 Å². The fraction of sp³-hybridized carbons (Fsp3) is 0.100. The molecule has 0 aliphatic heterocycles. The Morgan fingerprint density at radius 2 is 2.12 bits per heavy atom. The molecule has 0 fully saturated rings. The minimum atomic E-state index is -0.593. The Hall–Kier alpha value is -1.59. The highest BCUT2D eigenvalue weighted by Gasteiger charge is 2.10. The van der Waals surface area contributed by atoms with E-state index in [1.54, 1.807) is 12.1 Å². The van der Waals surface area contributed by atoms with E-state index < -0.39 is 5.91 Å². The van der Waals surface area contributed by atoms with Gasteiger partial charge in [0.25, 0.3) is 5.91 Å². The predicted molar refractivity (Wildman–Crippen MR) is 64.2 cm³/mol. The van der Waals surface area contributed by atoms with Crippen molar-refractivity contribution in [1.29, 1.82) is 0 Å². The lowest BCUT2D eigenvalue weighted by atomic mass is 10.2. The Kier molecular flexibility index (Phi) is 3.31. The minimum absolute atomic E-state index is 0.221. The third-order valence-electron chi connectivity index (χ3n) is 1.97. The summed E-state index contributed by atoms with van der Waals surface area (Å²) in [6, 6.07) is 3.18. The lowest BCUT2D eigenvalue weighted by Crippen LogP contribution is -2.20. The Morgan fingerprint density at radius 3 is 2.82 bits per heavy atom. The van der Waals surface area contributed by atoms with Gasteiger partial charge in [0.15, 0.2) is 6.61 Å². The fourth-order valence-electron chi connectivity index (χ4n) is 1.32. The van der Waals surface area contributed by atoms with Crippen molar-refractivity contribution in [2.75, 3.05) is 6.61 Å². The van der Waals surface area contributed by atoms with E-state index in [1.165, 1.54) is 6.33 Å². The summed E-state index contributed by atoms with van der Waals surface area (Å²) in [7, 11) is 0. The van der Waals surface area contributed by atoms with Gasteiger partial charge in [0, 0.05) is 5.02 Å². The maximum absolute atomic E-state index is 10.6. The van der Waals surface area contributed by atoms with Crippen LogP contribution in [-0.4, -0.2) is 22.5 Å². The zero-order valence-corrected chi connectivity index (χ0v) is 10.00. The number of hydrogen-bond acceptors (Lipinski definition) is 4. The molecule has 0 aliphatic rings. The van der Waals surface area contributed by atoms with Crippen LogP contribution in [-0.2, 0) is 4.79 Å². The Balaban J connectivity index is 2.52. The first kappa shape index (κ1) is 11.9. The lowest BCUT2D eigenvalue weighted by molar-refractivity contribution is -0.120. The van der Waals surface area contributed by atoms with Gasteiger partial charge in [-0.3, -0.25) is 4.79 Å². The minimum Gasteiger partial charge on any atom is -0.467 e. The van der Waals surface area contributed by atoms with Crippen molar-refractivity contribution in [1.82, 2.24) is 9.97 Å². The molecule has 1 amide bonds. The Labute approximate surface area is 107 Å². The number of amides is 1. The van der Waals surface area contributed by atoms with E-state index in [0.29, 0.717) is 20.9 Å². The van der Waals surface area contributed by atoms with Gasteiger partial charge in [-0.15, -0.1) is 0 Å². The quantitative estimate of drug-likeness (QED) is 0.924. The van der Waals surface area contributed by atoms with Crippen LogP contribution in [0.2, 0.25) is 10.0 Å². The van der Waals surface area contributed by atoms with Gasteiger partial charge in [0.1, 0.15) is 6.33 Å². The predicted octanol–water partition coefficient (Wildman–Crippen LogP) is 1.80. The van der Waals surface area contributed by atoms with Gasteiger partial charge in [0.05, 0.1) is 15.9 Å². The Morgan fingerprint density at radius 1 is 1.35 bits per heavy atom. The number of nitrogens with two attached hydrogens (primary N) is 1. The zero-order chi connectivity index (χ0) is 12.4. The third-order valence-corrected chi connectivity index (χ3v) is 2.48. The molecule has 0 spiro atoms. The number of nitrogens with zero attached hydrogens (tertiary/aromatic N) is 2. The summed E-state index contributed by atoms with van der Waals surface area (Å²) in [6.45, 7) is -0.268. The van der Waals surface area contributed by atoms with E-state index in [-0.39, 0.29) is 12.5 Å². The first-order valence-corrected chi connectivity index (χ1v) is 5.34. The van der Waals surface area contributed by atoms with Crippen LogP contribution in [0.3, 0.4) is 0 Å². The van der Waals surface area contributed by atoms with Gasteiger partial charge in [-0.05, 0) is 12.1 Å². The second kappa shape index (κ2) is 4.73. The number of aromatic nitrogens is 2. The standard InChI is InChI=1S/C10H7Cl2N3O2/c11-5-1-6-9(7(12)2-5)14-4-15-10(6)17-3-8(13)16/h1-2,4H,3H2,(H2,13,16). The molecule has 5 nitrogen and oxygen atoms in total. The number of ether oxygens (including phenoxy) is 1. The molecule has 0 saturated heterocycles. The lowest BCUT2D eigenvalue weighted by Gasteiger charge is -2.07. The number of carbonyl (C=O) groups excluding carboxylic acids is 1. The van der Waals surface area contributed by atoms with Gasteiger partial charge < -0.3 is 10.5 Å². The second-order valence-corrected chi connectivity index (χ2v) is 4.06. The summed E-state index contributed by atoms with van der Waals surface area (Å²) in [5.41, 5.74) is 5.49. The smallest absolute Gasteiger partial charge is 0.255 e. The molecule has 2 rings (SSSR count). The summed E-state index contributed by atoms with van der Waals surface area (Å²) in [5, 5.41) is 1.35. The molecule has 0 aliphatic carbocycles. The number of hydrogen-bond donors (Lipinski definition) is 1. The SMILES string of the molecule is NC(=O)COc1ncnc2c(Cl)cc(Cl)cc12. The van der Waals surface area contributed by atoms with Gasteiger partial charge in [-0.2, -0.15) is 0 Å². The van der Waals surface area contributed by atoms with E-state index in [2.05, 4.69) is 9.97 Å². The summed E-state index contributed by atoms with van der Waals surface area (Å²) in [4.78, 5) is 18.6. The van der Waals surface area contributed by atoms with Crippen molar-refractivity contribution in [3.8, 4) is 5.88 Å². The highest BCUT2D eigenvalue weighted by Crippen LogP contribution is 2.30. The van der Waals surface area contributed by atoms with Crippen LogP contribution in [0.5, 0.6) is 5.88 Å². The summed E-state index contributed by atoms with van der Waals surface area (Å²) in [5.74, 6) is -0.372. The highest BCUT2D eigenvalue weighted by molar-refractivity contribution is 6.38. The average Bonchev–Trinajstić information content (AvgIpc) is 2.26. The van der Waals surface area contributed by atoms with Crippen molar-refractivity contribution in [2.24, 2.45) is 5.73 Å². The molecule has 2 N–H and O–H groups in total. The Bertz CT molecular complexity index is 589. The average molecular weight is 272 g/mol. The molecule has 0 bridgehead atoms. The number of rotatable bonds is 3. The molecule has 0 unspecified atom stereocenters. The highest BCUT2D eigenvalue weighted by atomic mass is 35.5. The topological polar surface area (TPSA) is 78.1 Å². The monoisotopic (exact) mass is 271 g/mol. The molecule has 1 aromatic carbocycles. The summed E-state index contributed by atoms with van der Waals surface area (Å²) in [6.07, 6.45) is 1.29. The van der Waals surface area contributed by atoms with Crippen molar-refractivity contribution in [3.05, 3.63) is 28.5 Å². The second-order valence-electron chi connectivity index (χ2n) is 3.22. The van der Waals surface area contributed by atoms with Crippen LogP contribution >= 0.6 is 23.2 Å². The first-order valence-electron chi connectivity index (χ1n) is 4.59. The van der Waals surface area contributed by atoms with Crippen LogP contribution in [0.1, 0.15) is 0 Å². The summed E-state index contributed by atoms with van der Waals surface area (Å²) >= 11 is 11.8. The number of carbonyl (C=O) groups is 1. The summed E-state index contributed by atoms with van der Waals surface area (Å²) < 4.78 is 5.15. The van der Waals surface area contributed by atoms with Crippen molar-refractivity contribution >= 4 is 40.0 Å². The largest absolute Gasteiger partial charge is 0.467 e. The number of benzene rings is 1. The molecular weight excluding hydrogens is 265 g/mol. The van der Waals surface area contributed by atoms with Crippen molar-refractivity contribution in [3.63, 3.8) is 0 Å². The zero-order valence-electron chi connectivity index (χ0n) is 8.48. The molecule has 88 valence electrons. The fourth-order valence-corrected chi connectivity index (χ4v) is 1.87. The van der Waals surface area contributed by atoms with Crippen LogP contribution in [0.15, 0.2) is 18.5 Å². The normalized spacial score (nSPS) is 10.5. The number of primary amides is 1. The molecule has 0 atom stereocenters. The number of halogens is 2. The van der Waals surface area contributed by atoms with Crippen LogP contribution in [0.25, 0.3) is 10.9 Å². The third kappa shape index (κ3) is 2.57. The molecule has 1 aromatic heterocycles. The van der Waals surface area contributed by atoms with E-state index in [0.717, 1.165) is 0 Å². The van der Waals surface area contributed by atoms with Gasteiger partial charge in [0.2, 0.25) is 5.88 Å². The molecule has 0 saturated carbocycles. The van der Waals surface area contributed by atoms with Crippen LogP contribution in [0.4, 0.5) is 0 Å². The molecule has 1 heterocycles. The maximum Gasteiger partial charge on any atom is 0.255 e. The maximum atomic E-state index is 10.6. The van der Waals surface area contributed by atoms with Crippen molar-refractivity contribution < 1.29 is 9.53 Å². The van der Waals surface area contributed by atoms with Gasteiger partial charge in [-0.25, -0.2) is 9.97 Å². The molecule has 7 heteroatoms. The van der Waals surface area contributed by atoms with Crippen LogP contribution in [0, 0.1) is 0 Å².